The average molecular weight is 250 g/mol. The molecule has 0 saturated heterocycles. The molecule has 0 radical (unpaired) electrons. The molecule has 1 amide bonds. The van der Waals surface area contributed by atoms with Gasteiger partial charge in [0.2, 0.25) is 5.91 Å². The Balaban J connectivity index is 2.35. The van der Waals surface area contributed by atoms with Crippen LogP contribution in [0.3, 0.4) is 0 Å². The van der Waals surface area contributed by atoms with Crippen LogP contribution >= 0.6 is 0 Å². The molecule has 1 unspecified atom stereocenters. The van der Waals surface area contributed by atoms with E-state index in [1.807, 2.05) is 0 Å². The first-order valence-corrected chi connectivity index (χ1v) is 5.43. The number of nitrogens with zero attached hydrogens (tertiary/aromatic N) is 1. The number of ether oxygens (including phenoxy) is 1. The van der Waals surface area contributed by atoms with Gasteiger partial charge in [-0.25, -0.2) is 4.79 Å². The van der Waals surface area contributed by atoms with Gasteiger partial charge in [-0.1, -0.05) is 6.07 Å². The first-order valence-electron chi connectivity index (χ1n) is 5.43. The van der Waals surface area contributed by atoms with E-state index in [9.17, 15) is 14.7 Å². The number of anilines is 2. The smallest absolute Gasteiger partial charge is 0.339 e. The van der Waals surface area contributed by atoms with E-state index in [0.29, 0.717) is 11.3 Å². The number of hydrogen-bond acceptors (Lipinski definition) is 5. The van der Waals surface area contributed by atoms with E-state index in [1.165, 1.54) is 7.11 Å². The molecule has 18 heavy (non-hydrogen) atoms. The SMILES string of the molecule is COC(=O)C(O)c1ccc2c(c1)N(C)CC(=O)N2. The van der Waals surface area contributed by atoms with Gasteiger partial charge < -0.3 is 20.1 Å². The summed E-state index contributed by atoms with van der Waals surface area (Å²) in [6, 6.07) is 4.90. The van der Waals surface area contributed by atoms with Gasteiger partial charge >= 0.3 is 5.97 Å². The zero-order valence-corrected chi connectivity index (χ0v) is 10.1. The number of hydrogen-bond donors (Lipinski definition) is 2. The molecule has 0 spiro atoms. The maximum Gasteiger partial charge on any atom is 0.339 e. The highest BCUT2D eigenvalue weighted by molar-refractivity contribution is 6.01. The predicted octanol–water partition coefficient (Wildman–Crippen LogP) is 0.281. The van der Waals surface area contributed by atoms with Gasteiger partial charge in [-0.2, -0.15) is 0 Å². The summed E-state index contributed by atoms with van der Waals surface area (Å²) < 4.78 is 4.48. The fraction of sp³-hybridized carbons (Fsp3) is 0.333. The Morgan fingerprint density at radius 1 is 1.56 bits per heavy atom. The second-order valence-electron chi connectivity index (χ2n) is 4.11. The highest BCUT2D eigenvalue weighted by atomic mass is 16.5. The number of amides is 1. The second kappa shape index (κ2) is 4.66. The summed E-state index contributed by atoms with van der Waals surface area (Å²) in [4.78, 5) is 24.3. The molecule has 1 heterocycles. The van der Waals surface area contributed by atoms with E-state index in [-0.39, 0.29) is 12.5 Å². The maximum atomic E-state index is 11.3. The number of carbonyl (C=O) groups excluding carboxylic acids is 2. The fourth-order valence-electron chi connectivity index (χ4n) is 1.88. The average Bonchev–Trinajstić information content (AvgIpc) is 2.36. The van der Waals surface area contributed by atoms with Crippen molar-refractivity contribution in [3.05, 3.63) is 23.8 Å². The molecule has 1 aromatic rings. The van der Waals surface area contributed by atoms with Gasteiger partial charge in [-0.15, -0.1) is 0 Å². The van der Waals surface area contributed by atoms with Gasteiger partial charge in [-0.05, 0) is 17.7 Å². The lowest BCUT2D eigenvalue weighted by Crippen LogP contribution is -2.35. The largest absolute Gasteiger partial charge is 0.467 e. The molecular formula is C12H14N2O4. The third-order valence-corrected chi connectivity index (χ3v) is 2.83. The van der Waals surface area contributed by atoms with Crippen molar-refractivity contribution in [3.63, 3.8) is 0 Å². The zero-order chi connectivity index (χ0) is 13.3. The van der Waals surface area contributed by atoms with Crippen LogP contribution in [0.4, 0.5) is 11.4 Å². The quantitative estimate of drug-likeness (QED) is 0.737. The lowest BCUT2D eigenvalue weighted by atomic mass is 10.1. The van der Waals surface area contributed by atoms with Gasteiger partial charge in [-0.3, -0.25) is 4.79 Å². The highest BCUT2D eigenvalue weighted by Crippen LogP contribution is 2.31. The number of carbonyl (C=O) groups is 2. The minimum Gasteiger partial charge on any atom is -0.467 e. The van der Waals surface area contributed by atoms with Crippen molar-refractivity contribution in [1.29, 1.82) is 0 Å². The number of fused-ring (bicyclic) bond motifs is 1. The van der Waals surface area contributed by atoms with Crippen molar-refractivity contribution in [2.75, 3.05) is 30.9 Å². The molecule has 0 fully saturated rings. The van der Waals surface area contributed by atoms with Crippen LogP contribution in [0.1, 0.15) is 11.7 Å². The molecule has 1 aromatic carbocycles. The third kappa shape index (κ3) is 2.14. The standard InChI is InChI=1S/C12H14N2O4/c1-14-6-10(15)13-8-4-3-7(5-9(8)14)11(16)12(17)18-2/h3-5,11,16H,6H2,1-2H3,(H,13,15). The number of benzene rings is 1. The van der Waals surface area contributed by atoms with E-state index < -0.39 is 12.1 Å². The molecule has 1 aliphatic rings. The zero-order valence-electron chi connectivity index (χ0n) is 10.1. The van der Waals surface area contributed by atoms with E-state index in [4.69, 9.17) is 0 Å². The van der Waals surface area contributed by atoms with Crippen LogP contribution in [0.2, 0.25) is 0 Å². The minimum atomic E-state index is -1.31. The minimum absolute atomic E-state index is 0.0914. The van der Waals surface area contributed by atoms with Crippen LogP contribution in [-0.4, -0.2) is 37.7 Å². The van der Waals surface area contributed by atoms with Crippen LogP contribution in [0.15, 0.2) is 18.2 Å². The molecule has 6 heteroatoms. The van der Waals surface area contributed by atoms with Gasteiger partial charge in [0.15, 0.2) is 6.10 Å². The van der Waals surface area contributed by atoms with E-state index in [1.54, 1.807) is 30.1 Å². The normalized spacial score (nSPS) is 15.7. The van der Waals surface area contributed by atoms with Crippen molar-refractivity contribution in [2.45, 2.75) is 6.10 Å². The summed E-state index contributed by atoms with van der Waals surface area (Å²) in [6.07, 6.45) is -1.31. The molecule has 2 N–H and O–H groups in total. The molecule has 96 valence electrons. The number of esters is 1. The lowest BCUT2D eigenvalue weighted by Gasteiger charge is -2.28. The first kappa shape index (κ1) is 12.4. The number of methoxy groups -OCH3 is 1. The van der Waals surface area contributed by atoms with Gasteiger partial charge in [0.05, 0.1) is 25.0 Å². The summed E-state index contributed by atoms with van der Waals surface area (Å²) in [5, 5.41) is 12.5. The molecule has 0 bridgehead atoms. The first-order chi connectivity index (χ1) is 8.52. The monoisotopic (exact) mass is 250 g/mol. The fourth-order valence-corrected chi connectivity index (χ4v) is 1.88. The van der Waals surface area contributed by atoms with Gasteiger partial charge in [0, 0.05) is 7.05 Å². The van der Waals surface area contributed by atoms with Crippen molar-refractivity contribution in [1.82, 2.24) is 0 Å². The van der Waals surface area contributed by atoms with E-state index in [0.717, 1.165) is 5.69 Å². The maximum absolute atomic E-state index is 11.3. The van der Waals surface area contributed by atoms with Crippen LogP contribution in [0.5, 0.6) is 0 Å². The number of nitrogens with one attached hydrogen (secondary N) is 1. The molecule has 1 aliphatic heterocycles. The van der Waals surface area contributed by atoms with Gasteiger partial charge in [0.1, 0.15) is 0 Å². The number of rotatable bonds is 2. The molecular weight excluding hydrogens is 236 g/mol. The molecule has 0 saturated carbocycles. The van der Waals surface area contributed by atoms with E-state index >= 15 is 0 Å². The number of likely N-dealkylation sites (N-methyl/N-ethyl adjacent to an activating group) is 1. The Labute approximate surface area is 104 Å². The number of aliphatic hydroxyl groups excluding tert-OH is 1. The predicted molar refractivity (Wildman–Crippen MR) is 65.3 cm³/mol. The molecule has 0 aromatic heterocycles. The van der Waals surface area contributed by atoms with Gasteiger partial charge in [0.25, 0.3) is 0 Å². The summed E-state index contributed by atoms with van der Waals surface area (Å²) in [5.74, 6) is -0.802. The molecule has 2 rings (SSSR count). The third-order valence-electron chi connectivity index (χ3n) is 2.83. The summed E-state index contributed by atoms with van der Waals surface area (Å²) in [5.41, 5.74) is 1.85. The Morgan fingerprint density at radius 2 is 2.28 bits per heavy atom. The summed E-state index contributed by atoms with van der Waals surface area (Å²) in [7, 11) is 2.99. The van der Waals surface area contributed by atoms with Crippen LogP contribution in [0, 0.1) is 0 Å². The number of aliphatic hydroxyl groups is 1. The molecule has 0 aliphatic carbocycles. The highest BCUT2D eigenvalue weighted by Gasteiger charge is 2.23. The van der Waals surface area contributed by atoms with Crippen molar-refractivity contribution in [2.24, 2.45) is 0 Å². The Kier molecular flexibility index (Phi) is 3.20. The van der Waals surface area contributed by atoms with Crippen molar-refractivity contribution in [3.8, 4) is 0 Å². The summed E-state index contributed by atoms with van der Waals surface area (Å²) >= 11 is 0. The van der Waals surface area contributed by atoms with Crippen LogP contribution in [-0.2, 0) is 14.3 Å². The van der Waals surface area contributed by atoms with Crippen molar-refractivity contribution < 1.29 is 19.4 Å². The topological polar surface area (TPSA) is 78.9 Å². The Morgan fingerprint density at radius 3 is 2.94 bits per heavy atom. The van der Waals surface area contributed by atoms with Crippen LogP contribution in [0.25, 0.3) is 0 Å². The van der Waals surface area contributed by atoms with Crippen LogP contribution < -0.4 is 10.2 Å². The lowest BCUT2D eigenvalue weighted by molar-refractivity contribution is -0.150. The Bertz CT molecular complexity index is 501. The van der Waals surface area contributed by atoms with Crippen molar-refractivity contribution >= 4 is 23.3 Å². The summed E-state index contributed by atoms with van der Waals surface area (Å²) in [6.45, 7) is 0.241. The molecule has 6 nitrogen and oxygen atoms in total. The second-order valence-corrected chi connectivity index (χ2v) is 4.11. The molecule has 1 atom stereocenters. The Hall–Kier alpha value is -2.08. The van der Waals surface area contributed by atoms with E-state index in [2.05, 4.69) is 10.1 Å².